The topological polar surface area (TPSA) is 55.8 Å². The maximum absolute atomic E-state index is 10.6. The molecule has 0 aromatic heterocycles. The predicted molar refractivity (Wildman–Crippen MR) is 72.5 cm³/mol. The Labute approximate surface area is 112 Å². The van der Waals surface area contributed by atoms with Crippen molar-refractivity contribution in [2.45, 2.75) is 31.8 Å². The van der Waals surface area contributed by atoms with Gasteiger partial charge in [0.25, 0.3) is 0 Å². The number of carboxylic acid groups (broad SMARTS) is 1. The van der Waals surface area contributed by atoms with Gasteiger partial charge in [0.1, 0.15) is 0 Å². The molecule has 0 saturated heterocycles. The highest BCUT2D eigenvalue weighted by atomic mass is 16.5. The van der Waals surface area contributed by atoms with E-state index in [1.54, 1.807) is 7.11 Å². The van der Waals surface area contributed by atoms with Gasteiger partial charge in [-0.1, -0.05) is 12.1 Å². The van der Waals surface area contributed by atoms with Gasteiger partial charge in [-0.25, -0.2) is 4.79 Å². The number of hydrogen-bond acceptors (Lipinski definition) is 3. The minimum absolute atomic E-state index is 0.202. The van der Waals surface area contributed by atoms with E-state index in [0.717, 1.165) is 24.5 Å². The zero-order chi connectivity index (χ0) is 13.7. The van der Waals surface area contributed by atoms with Gasteiger partial charge in [0, 0.05) is 11.6 Å². The van der Waals surface area contributed by atoms with Crippen LogP contribution in [0.3, 0.4) is 0 Å². The molecule has 0 unspecified atom stereocenters. The first-order chi connectivity index (χ1) is 9.20. The molecule has 102 valence electrons. The normalized spacial score (nSPS) is 15.8. The lowest BCUT2D eigenvalue weighted by molar-refractivity contribution is -0.131. The Morgan fingerprint density at radius 2 is 2.11 bits per heavy atom. The summed E-state index contributed by atoms with van der Waals surface area (Å²) in [6.45, 7) is 0. The van der Waals surface area contributed by atoms with Crippen molar-refractivity contribution in [2.75, 3.05) is 7.11 Å². The van der Waals surface area contributed by atoms with Crippen molar-refractivity contribution in [3.63, 3.8) is 0 Å². The molecule has 0 spiro atoms. The van der Waals surface area contributed by atoms with E-state index >= 15 is 0 Å². The second-order valence-corrected chi connectivity index (χ2v) is 4.57. The molecule has 0 atom stereocenters. The van der Waals surface area contributed by atoms with Crippen LogP contribution in [0.5, 0.6) is 11.5 Å². The Morgan fingerprint density at radius 3 is 2.74 bits per heavy atom. The van der Waals surface area contributed by atoms with Crippen molar-refractivity contribution in [3.8, 4) is 11.5 Å². The summed E-state index contributed by atoms with van der Waals surface area (Å²) in [5, 5.41) is 8.72. The standard InChI is InChI=1S/C15H18O4/c1-18-13-8-4-5-11(9-10-14(16)17)15(13)19-12-6-2-3-7-12/h4-5,8-10,12H,2-3,6-7H2,1H3,(H,16,17). The molecular formula is C15H18O4. The van der Waals surface area contributed by atoms with Gasteiger partial charge >= 0.3 is 5.97 Å². The van der Waals surface area contributed by atoms with Crippen LogP contribution in [0, 0.1) is 0 Å². The number of benzene rings is 1. The molecule has 1 aromatic rings. The smallest absolute Gasteiger partial charge is 0.328 e. The van der Waals surface area contributed by atoms with Gasteiger partial charge in [0.15, 0.2) is 11.5 Å². The summed E-state index contributed by atoms with van der Waals surface area (Å²) in [5.74, 6) is 0.295. The average molecular weight is 262 g/mol. The van der Waals surface area contributed by atoms with Crippen LogP contribution in [0.25, 0.3) is 6.08 Å². The summed E-state index contributed by atoms with van der Waals surface area (Å²) < 4.78 is 11.3. The molecule has 0 bridgehead atoms. The highest BCUT2D eigenvalue weighted by Gasteiger charge is 2.19. The van der Waals surface area contributed by atoms with E-state index in [2.05, 4.69) is 0 Å². The number of ether oxygens (including phenoxy) is 2. The predicted octanol–water partition coefficient (Wildman–Crippen LogP) is 3.11. The summed E-state index contributed by atoms with van der Waals surface area (Å²) in [5.41, 5.74) is 0.730. The third-order valence-electron chi connectivity index (χ3n) is 3.22. The van der Waals surface area contributed by atoms with E-state index in [4.69, 9.17) is 14.6 Å². The fourth-order valence-corrected chi connectivity index (χ4v) is 2.28. The van der Waals surface area contributed by atoms with E-state index in [9.17, 15) is 4.79 Å². The minimum Gasteiger partial charge on any atom is -0.493 e. The molecule has 4 nitrogen and oxygen atoms in total. The largest absolute Gasteiger partial charge is 0.493 e. The van der Waals surface area contributed by atoms with Crippen LogP contribution in [0.2, 0.25) is 0 Å². The van der Waals surface area contributed by atoms with Crippen LogP contribution in [0.15, 0.2) is 24.3 Å². The second kappa shape index (κ2) is 6.27. The number of methoxy groups -OCH3 is 1. The molecule has 0 aliphatic heterocycles. The monoisotopic (exact) mass is 262 g/mol. The highest BCUT2D eigenvalue weighted by molar-refractivity contribution is 5.86. The number of carbonyl (C=O) groups is 1. The first-order valence-corrected chi connectivity index (χ1v) is 6.45. The molecule has 1 fully saturated rings. The SMILES string of the molecule is COc1cccc(C=CC(=O)O)c1OC1CCCC1. The lowest BCUT2D eigenvalue weighted by Gasteiger charge is -2.17. The molecule has 0 amide bonds. The summed E-state index contributed by atoms with van der Waals surface area (Å²) in [6.07, 6.45) is 7.29. The van der Waals surface area contributed by atoms with Gasteiger partial charge in [0.2, 0.25) is 0 Å². The Kier molecular flexibility index (Phi) is 4.44. The molecule has 0 heterocycles. The van der Waals surface area contributed by atoms with Gasteiger partial charge < -0.3 is 14.6 Å². The summed E-state index contributed by atoms with van der Waals surface area (Å²) in [7, 11) is 1.58. The Hall–Kier alpha value is -1.97. The number of rotatable bonds is 5. The van der Waals surface area contributed by atoms with E-state index in [-0.39, 0.29) is 6.10 Å². The quantitative estimate of drug-likeness (QED) is 0.828. The molecule has 0 radical (unpaired) electrons. The molecule has 1 N–H and O–H groups in total. The maximum Gasteiger partial charge on any atom is 0.328 e. The van der Waals surface area contributed by atoms with Crippen molar-refractivity contribution in [3.05, 3.63) is 29.8 Å². The van der Waals surface area contributed by atoms with E-state index < -0.39 is 5.97 Å². The zero-order valence-electron chi connectivity index (χ0n) is 11.0. The average Bonchev–Trinajstić information content (AvgIpc) is 2.90. The third-order valence-corrected chi connectivity index (χ3v) is 3.22. The molecule has 2 rings (SSSR count). The van der Waals surface area contributed by atoms with Crippen LogP contribution in [-0.2, 0) is 4.79 Å². The molecule has 19 heavy (non-hydrogen) atoms. The zero-order valence-corrected chi connectivity index (χ0v) is 11.0. The Balaban J connectivity index is 2.27. The summed E-state index contributed by atoms with van der Waals surface area (Å²) >= 11 is 0. The third kappa shape index (κ3) is 3.50. The van der Waals surface area contributed by atoms with Gasteiger partial charge in [-0.15, -0.1) is 0 Å². The van der Waals surface area contributed by atoms with Crippen molar-refractivity contribution in [2.24, 2.45) is 0 Å². The fourth-order valence-electron chi connectivity index (χ4n) is 2.28. The second-order valence-electron chi connectivity index (χ2n) is 4.57. The summed E-state index contributed by atoms with van der Waals surface area (Å²) in [4.78, 5) is 10.6. The van der Waals surface area contributed by atoms with Crippen LogP contribution < -0.4 is 9.47 Å². The number of hydrogen-bond donors (Lipinski definition) is 1. The van der Waals surface area contributed by atoms with Crippen LogP contribution in [-0.4, -0.2) is 24.3 Å². The van der Waals surface area contributed by atoms with Crippen molar-refractivity contribution < 1.29 is 19.4 Å². The fraction of sp³-hybridized carbons (Fsp3) is 0.400. The highest BCUT2D eigenvalue weighted by Crippen LogP contribution is 2.35. The maximum atomic E-state index is 10.6. The number of aliphatic carboxylic acids is 1. The molecule has 1 aliphatic rings. The van der Waals surface area contributed by atoms with Gasteiger partial charge in [-0.3, -0.25) is 0 Å². The lowest BCUT2D eigenvalue weighted by Crippen LogP contribution is -2.12. The first kappa shape index (κ1) is 13.5. The van der Waals surface area contributed by atoms with Gasteiger partial charge in [0.05, 0.1) is 13.2 Å². The molecule has 1 aromatic carbocycles. The van der Waals surface area contributed by atoms with Gasteiger partial charge in [-0.2, -0.15) is 0 Å². The van der Waals surface area contributed by atoms with Crippen LogP contribution >= 0.6 is 0 Å². The minimum atomic E-state index is -0.977. The van der Waals surface area contributed by atoms with Crippen molar-refractivity contribution in [1.82, 2.24) is 0 Å². The molecular weight excluding hydrogens is 244 g/mol. The van der Waals surface area contributed by atoms with Crippen LogP contribution in [0.1, 0.15) is 31.2 Å². The van der Waals surface area contributed by atoms with Gasteiger partial charge in [-0.05, 0) is 37.8 Å². The number of carboxylic acids is 1. The lowest BCUT2D eigenvalue weighted by atomic mass is 10.1. The molecule has 1 saturated carbocycles. The van der Waals surface area contributed by atoms with E-state index in [1.165, 1.54) is 18.9 Å². The Bertz CT molecular complexity index is 473. The summed E-state index contributed by atoms with van der Waals surface area (Å²) in [6, 6.07) is 5.47. The van der Waals surface area contributed by atoms with Crippen molar-refractivity contribution >= 4 is 12.0 Å². The molecule has 4 heteroatoms. The Morgan fingerprint density at radius 1 is 1.37 bits per heavy atom. The van der Waals surface area contributed by atoms with Crippen LogP contribution in [0.4, 0.5) is 0 Å². The van der Waals surface area contributed by atoms with E-state index in [1.807, 2.05) is 18.2 Å². The number of para-hydroxylation sites is 1. The first-order valence-electron chi connectivity index (χ1n) is 6.45. The molecule has 1 aliphatic carbocycles. The van der Waals surface area contributed by atoms with E-state index in [0.29, 0.717) is 11.5 Å². The van der Waals surface area contributed by atoms with Crippen molar-refractivity contribution in [1.29, 1.82) is 0 Å².